The molecule has 0 radical (unpaired) electrons. The largest absolute Gasteiger partial charge is 2.00 e. The Bertz CT molecular complexity index is 3680. The molecule has 7 heteroatoms. The standard InChI is InChI=1S/C56H37BN4O.Pt/c1-56(2,3)36-27-28-58-52(30-36)61-49-23-8-5-18-41(49)42-26-25-39(33-51(42)61)62-38-16-10-15-35(29-38)55-59-48-22-7-9-24-50(48)60(55)37-31-44-40-17-4-6-20-46(40)57-47-21-12-14-34-13-11-19-43(53(34)47)45(32-37)54(44)57;/h4-28,30-32H,1-3H3;/q-2;+2. The molecule has 3 aromatic heterocycles. The van der Waals surface area contributed by atoms with Crippen LogP contribution >= 0.6 is 0 Å². The second kappa shape index (κ2) is 14.0. The van der Waals surface area contributed by atoms with Crippen LogP contribution in [0, 0.1) is 12.1 Å². The van der Waals surface area contributed by atoms with Crippen LogP contribution in [-0.4, -0.2) is 25.8 Å². The molecule has 0 saturated carbocycles. The van der Waals surface area contributed by atoms with Crippen molar-refractivity contribution in [3.63, 3.8) is 0 Å². The number of nitrogens with zero attached hydrogens (tertiary/aromatic N) is 4. The van der Waals surface area contributed by atoms with Gasteiger partial charge in [-0.05, 0) is 91.9 Å². The van der Waals surface area contributed by atoms with Crippen molar-refractivity contribution < 1.29 is 25.8 Å². The van der Waals surface area contributed by atoms with Gasteiger partial charge in [0, 0.05) is 28.9 Å². The molecule has 0 fully saturated rings. The van der Waals surface area contributed by atoms with Crippen LogP contribution in [0.2, 0.25) is 0 Å². The molecule has 0 saturated heterocycles. The molecule has 0 atom stereocenters. The number of aromatic nitrogens is 4. The molecule has 63 heavy (non-hydrogen) atoms. The topological polar surface area (TPSA) is 44.9 Å². The summed E-state index contributed by atoms with van der Waals surface area (Å²) >= 11 is 0. The average Bonchev–Trinajstić information content (AvgIpc) is 3.96. The SMILES string of the molecule is CC(C)(C)c1ccnc(-n2c3[c-]c(Oc4[c-]c(-c5nc6ccccc6n5-c5cc6c7c(c5)-c5cccc8cccc(c58)B7c5ccccc5-6)ccc4)ccc3c3ccccc32)c1.[Pt+2]. The Morgan fingerprint density at radius 2 is 1.30 bits per heavy atom. The number of imidazole rings is 1. The Kier molecular flexibility index (Phi) is 8.39. The van der Waals surface area contributed by atoms with E-state index in [-0.39, 0.29) is 33.2 Å². The fraction of sp³-hybridized carbons (Fsp3) is 0.0714. The van der Waals surface area contributed by atoms with Gasteiger partial charge in [-0.25, -0.2) is 4.98 Å². The molecule has 0 N–H and O–H groups in total. The van der Waals surface area contributed by atoms with E-state index in [0.29, 0.717) is 11.5 Å². The Morgan fingerprint density at radius 3 is 2.17 bits per heavy atom. The van der Waals surface area contributed by atoms with E-state index in [1.807, 2.05) is 24.4 Å². The van der Waals surface area contributed by atoms with Crippen LogP contribution in [-0.2, 0) is 26.5 Å². The van der Waals surface area contributed by atoms with E-state index in [1.54, 1.807) is 0 Å². The van der Waals surface area contributed by atoms with Crippen molar-refractivity contribution in [3.8, 4) is 56.6 Å². The molecule has 0 bridgehead atoms. The molecule has 300 valence electrons. The minimum Gasteiger partial charge on any atom is -0.503 e. The van der Waals surface area contributed by atoms with Crippen molar-refractivity contribution in [2.75, 3.05) is 0 Å². The Hall–Kier alpha value is -7.01. The zero-order valence-electron chi connectivity index (χ0n) is 34.8. The minimum absolute atomic E-state index is 0. The maximum atomic E-state index is 6.67. The molecular formula is C56H37BN4OPt. The van der Waals surface area contributed by atoms with E-state index in [2.05, 4.69) is 188 Å². The van der Waals surface area contributed by atoms with Gasteiger partial charge in [-0.2, -0.15) is 6.07 Å². The average molecular weight is 988 g/mol. The summed E-state index contributed by atoms with van der Waals surface area (Å²) in [6.07, 6.45) is 1.90. The van der Waals surface area contributed by atoms with Crippen molar-refractivity contribution in [3.05, 3.63) is 188 Å². The molecule has 5 heterocycles. The van der Waals surface area contributed by atoms with E-state index in [0.717, 1.165) is 55.7 Å². The third kappa shape index (κ3) is 5.67. The molecule has 13 rings (SSSR count). The molecule has 11 aromatic rings. The number of pyridine rings is 1. The molecular weight excluding hydrogens is 951 g/mol. The monoisotopic (exact) mass is 987 g/mol. The first-order valence-electron chi connectivity index (χ1n) is 21.3. The van der Waals surface area contributed by atoms with Crippen molar-refractivity contribution in [1.82, 2.24) is 19.1 Å². The predicted molar refractivity (Wildman–Crippen MR) is 255 cm³/mol. The second-order valence-corrected chi connectivity index (χ2v) is 17.6. The Labute approximate surface area is 380 Å². The smallest absolute Gasteiger partial charge is 0.503 e. The number of fused-ring (bicyclic) bond motifs is 9. The van der Waals surface area contributed by atoms with Crippen LogP contribution < -0.4 is 21.1 Å². The molecule has 2 aliphatic rings. The second-order valence-electron chi connectivity index (χ2n) is 17.6. The third-order valence-electron chi connectivity index (χ3n) is 13.0. The summed E-state index contributed by atoms with van der Waals surface area (Å²) in [6.45, 7) is 6.87. The molecule has 8 aromatic carbocycles. The van der Waals surface area contributed by atoms with Crippen LogP contribution in [0.25, 0.3) is 88.8 Å². The van der Waals surface area contributed by atoms with Crippen molar-refractivity contribution in [2.45, 2.75) is 26.2 Å². The number of ether oxygens (including phenoxy) is 1. The normalized spacial score (nSPS) is 12.5. The van der Waals surface area contributed by atoms with Gasteiger partial charge < -0.3 is 13.9 Å². The Balaban J connectivity index is 0.00000421. The summed E-state index contributed by atoms with van der Waals surface area (Å²) in [5.41, 5.74) is 16.3. The van der Waals surface area contributed by atoms with E-state index >= 15 is 0 Å². The van der Waals surface area contributed by atoms with E-state index in [1.165, 1.54) is 55.0 Å². The van der Waals surface area contributed by atoms with Gasteiger partial charge in [0.2, 0.25) is 6.71 Å². The van der Waals surface area contributed by atoms with Gasteiger partial charge in [-0.15, -0.1) is 41.3 Å². The van der Waals surface area contributed by atoms with Gasteiger partial charge in [-0.3, -0.25) is 4.98 Å². The van der Waals surface area contributed by atoms with Crippen molar-refractivity contribution >= 4 is 66.7 Å². The fourth-order valence-electron chi connectivity index (χ4n) is 10.2. The van der Waals surface area contributed by atoms with Crippen LogP contribution in [0.3, 0.4) is 0 Å². The number of benzene rings is 8. The van der Waals surface area contributed by atoms with E-state index in [9.17, 15) is 0 Å². The molecule has 0 aliphatic carbocycles. The molecule has 5 nitrogen and oxygen atoms in total. The number of rotatable bonds is 5. The summed E-state index contributed by atoms with van der Waals surface area (Å²) in [7, 11) is 0. The quantitative estimate of drug-likeness (QED) is 0.127. The van der Waals surface area contributed by atoms with Crippen LogP contribution in [0.4, 0.5) is 0 Å². The minimum atomic E-state index is -0.0256. The number of hydrogen-bond acceptors (Lipinski definition) is 3. The van der Waals surface area contributed by atoms with Crippen LogP contribution in [0.5, 0.6) is 11.5 Å². The molecule has 0 spiro atoms. The van der Waals surface area contributed by atoms with Crippen molar-refractivity contribution in [1.29, 1.82) is 0 Å². The molecule has 0 unspecified atom stereocenters. The van der Waals surface area contributed by atoms with Crippen molar-refractivity contribution in [2.24, 2.45) is 0 Å². The van der Waals surface area contributed by atoms with E-state index in [4.69, 9.17) is 14.7 Å². The first-order chi connectivity index (χ1) is 30.4. The van der Waals surface area contributed by atoms with Crippen LogP contribution in [0.15, 0.2) is 170 Å². The maximum Gasteiger partial charge on any atom is 2.00 e. The molecule has 0 amide bonds. The zero-order chi connectivity index (χ0) is 41.3. The summed E-state index contributed by atoms with van der Waals surface area (Å²) < 4.78 is 11.2. The van der Waals surface area contributed by atoms with Gasteiger partial charge in [0.1, 0.15) is 5.82 Å². The van der Waals surface area contributed by atoms with Gasteiger partial charge in [0.15, 0.2) is 0 Å². The van der Waals surface area contributed by atoms with Gasteiger partial charge >= 0.3 is 21.1 Å². The van der Waals surface area contributed by atoms with Gasteiger partial charge in [0.05, 0.1) is 16.9 Å². The first kappa shape index (κ1) is 37.7. The predicted octanol–water partition coefficient (Wildman–Crippen LogP) is 11.5. The fourth-order valence-corrected chi connectivity index (χ4v) is 10.2. The Morgan fingerprint density at radius 1 is 0.587 bits per heavy atom. The van der Waals surface area contributed by atoms with Crippen LogP contribution in [0.1, 0.15) is 26.3 Å². The van der Waals surface area contributed by atoms with Gasteiger partial charge in [0.25, 0.3) is 0 Å². The summed E-state index contributed by atoms with van der Waals surface area (Å²) in [5.74, 6) is 2.82. The molecule has 2 aliphatic heterocycles. The van der Waals surface area contributed by atoms with Gasteiger partial charge in [-0.1, -0.05) is 140 Å². The first-order valence-corrected chi connectivity index (χ1v) is 21.3. The number of hydrogen-bond donors (Lipinski definition) is 0. The third-order valence-corrected chi connectivity index (χ3v) is 13.0. The summed E-state index contributed by atoms with van der Waals surface area (Å²) in [4.78, 5) is 10.2. The summed E-state index contributed by atoms with van der Waals surface area (Å²) in [6, 6.07) is 65.7. The maximum absolute atomic E-state index is 6.67. The number of para-hydroxylation sites is 3. The van der Waals surface area contributed by atoms with E-state index < -0.39 is 0 Å². The summed E-state index contributed by atoms with van der Waals surface area (Å²) in [5, 5.41) is 4.84. The zero-order valence-corrected chi connectivity index (χ0v) is 37.0.